The average molecular weight is 394 g/mol. The van der Waals surface area contributed by atoms with Crippen LogP contribution < -0.4 is 4.90 Å². The van der Waals surface area contributed by atoms with Crippen molar-refractivity contribution in [3.63, 3.8) is 0 Å². The molecule has 1 aliphatic rings. The highest BCUT2D eigenvalue weighted by atomic mass is 32.2. The Kier molecular flexibility index (Phi) is 4.94. The topological polar surface area (TPSA) is 54.5 Å². The fourth-order valence-electron chi connectivity index (χ4n) is 4.03. The highest BCUT2D eigenvalue weighted by Gasteiger charge is 2.31. The minimum Gasteiger partial charge on any atom is -0.308 e. The van der Waals surface area contributed by atoms with Gasteiger partial charge >= 0.3 is 0 Å². The van der Waals surface area contributed by atoms with Crippen LogP contribution in [0.5, 0.6) is 0 Å². The Hall–Kier alpha value is -2.66. The van der Waals surface area contributed by atoms with Gasteiger partial charge in [0.15, 0.2) is 9.84 Å². The molecule has 0 aliphatic carbocycles. The van der Waals surface area contributed by atoms with Crippen molar-refractivity contribution in [2.75, 3.05) is 10.7 Å². The van der Waals surface area contributed by atoms with Gasteiger partial charge in [0.05, 0.1) is 5.75 Å². The second kappa shape index (κ2) is 7.40. The van der Waals surface area contributed by atoms with Gasteiger partial charge in [-0.05, 0) is 47.7 Å². The normalized spacial score (nSPS) is 16.8. The summed E-state index contributed by atoms with van der Waals surface area (Å²) >= 11 is 0. The summed E-state index contributed by atoms with van der Waals surface area (Å²) in [6.45, 7) is 1.98. The number of carbonyl (C=O) groups is 1. The molecule has 4 nitrogen and oxygen atoms in total. The number of aryl methyl sites for hydroxylation is 1. The molecule has 3 aromatic carbocycles. The molecule has 4 rings (SSSR count). The summed E-state index contributed by atoms with van der Waals surface area (Å²) in [5, 5.41) is 1.91. The van der Waals surface area contributed by atoms with Crippen LogP contribution in [-0.4, -0.2) is 26.1 Å². The number of fused-ring (bicyclic) bond motifs is 2. The Morgan fingerprint density at radius 1 is 1.00 bits per heavy atom. The third-order valence-electron chi connectivity index (χ3n) is 5.39. The van der Waals surface area contributed by atoms with Crippen molar-refractivity contribution in [3.8, 4) is 0 Å². The number of para-hydroxylation sites is 1. The Balaban J connectivity index is 1.59. The minimum absolute atomic E-state index is 0.00449. The molecule has 0 saturated heterocycles. The second-order valence-electron chi connectivity index (χ2n) is 7.45. The van der Waals surface area contributed by atoms with Gasteiger partial charge in [-0.2, -0.15) is 0 Å². The predicted octanol–water partition coefficient (Wildman–Crippen LogP) is 4.12. The molecule has 5 heteroatoms. The lowest BCUT2D eigenvalue weighted by Crippen LogP contribution is -2.45. The van der Waals surface area contributed by atoms with Gasteiger partial charge in [-0.1, -0.05) is 60.7 Å². The van der Waals surface area contributed by atoms with Crippen molar-refractivity contribution in [1.82, 2.24) is 0 Å². The number of rotatable bonds is 4. The van der Waals surface area contributed by atoms with E-state index in [0.717, 1.165) is 40.4 Å². The lowest BCUT2D eigenvalue weighted by atomic mass is 9.97. The molecule has 1 atom stereocenters. The van der Waals surface area contributed by atoms with E-state index < -0.39 is 15.6 Å². The van der Waals surface area contributed by atoms with Crippen LogP contribution in [0.1, 0.15) is 24.5 Å². The summed E-state index contributed by atoms with van der Waals surface area (Å²) in [5.41, 5.74) is 2.67. The van der Waals surface area contributed by atoms with E-state index in [1.165, 1.54) is 0 Å². The number of hydrogen-bond acceptors (Lipinski definition) is 3. The summed E-state index contributed by atoms with van der Waals surface area (Å²) < 4.78 is 25.7. The molecular weight excluding hydrogens is 370 g/mol. The summed E-state index contributed by atoms with van der Waals surface area (Å²) in [6, 6.07) is 21.1. The van der Waals surface area contributed by atoms with Crippen LogP contribution in [0, 0.1) is 0 Å². The molecule has 1 aliphatic heterocycles. The lowest BCUT2D eigenvalue weighted by Gasteiger charge is -2.35. The van der Waals surface area contributed by atoms with Gasteiger partial charge in [0, 0.05) is 11.7 Å². The van der Waals surface area contributed by atoms with E-state index in [9.17, 15) is 13.2 Å². The van der Waals surface area contributed by atoms with E-state index >= 15 is 0 Å². The van der Waals surface area contributed by atoms with Gasteiger partial charge < -0.3 is 4.90 Å². The van der Waals surface area contributed by atoms with E-state index in [2.05, 4.69) is 0 Å². The number of amides is 1. The summed E-state index contributed by atoms with van der Waals surface area (Å²) in [7, 11) is -3.59. The van der Waals surface area contributed by atoms with Crippen LogP contribution in [0.4, 0.5) is 5.69 Å². The minimum atomic E-state index is -3.59. The number of benzene rings is 3. The Bertz CT molecular complexity index is 1130. The Morgan fingerprint density at radius 2 is 1.71 bits per heavy atom. The molecular formula is C23H23NO3S. The van der Waals surface area contributed by atoms with Gasteiger partial charge in [-0.25, -0.2) is 8.42 Å². The fourth-order valence-corrected chi connectivity index (χ4v) is 5.38. The fraction of sp³-hybridized carbons (Fsp3) is 0.261. The Labute approximate surface area is 165 Å². The highest BCUT2D eigenvalue weighted by Crippen LogP contribution is 2.31. The van der Waals surface area contributed by atoms with Gasteiger partial charge in [0.25, 0.3) is 0 Å². The number of nitrogens with zero attached hydrogens (tertiary/aromatic N) is 1. The largest absolute Gasteiger partial charge is 0.308 e. The number of sulfone groups is 1. The first-order valence-electron chi connectivity index (χ1n) is 9.52. The van der Waals surface area contributed by atoms with E-state index in [1.807, 2.05) is 73.7 Å². The van der Waals surface area contributed by atoms with Crippen LogP contribution in [0.25, 0.3) is 10.8 Å². The van der Waals surface area contributed by atoms with Crippen LogP contribution >= 0.6 is 0 Å². The molecule has 0 saturated carbocycles. The van der Waals surface area contributed by atoms with E-state index in [4.69, 9.17) is 0 Å². The molecule has 0 spiro atoms. The first kappa shape index (κ1) is 18.7. The third kappa shape index (κ3) is 3.67. The summed E-state index contributed by atoms with van der Waals surface area (Å²) in [4.78, 5) is 14.7. The first-order valence-corrected chi connectivity index (χ1v) is 11.3. The predicted molar refractivity (Wildman–Crippen MR) is 113 cm³/mol. The molecule has 1 heterocycles. The monoisotopic (exact) mass is 393 g/mol. The molecule has 0 unspecified atom stereocenters. The standard InChI is InChI=1S/C23H23NO3S/c1-17-13-14-19-8-3-5-12-22(19)24(17)23(25)16-28(26,27)15-20-10-6-9-18-7-2-4-11-21(18)20/h2-12,17H,13-16H2,1H3/t17-/m0/s1. The van der Waals surface area contributed by atoms with Gasteiger partial charge in [0.1, 0.15) is 5.75 Å². The lowest BCUT2D eigenvalue weighted by molar-refractivity contribution is -0.116. The molecule has 0 N–H and O–H groups in total. The smallest absolute Gasteiger partial charge is 0.242 e. The van der Waals surface area contributed by atoms with Crippen molar-refractivity contribution in [2.45, 2.75) is 31.6 Å². The van der Waals surface area contributed by atoms with E-state index in [1.54, 1.807) is 4.90 Å². The summed E-state index contributed by atoms with van der Waals surface area (Å²) in [6.07, 6.45) is 1.75. The van der Waals surface area contributed by atoms with Crippen molar-refractivity contribution in [3.05, 3.63) is 77.9 Å². The molecule has 0 fully saturated rings. The van der Waals surface area contributed by atoms with E-state index in [-0.39, 0.29) is 17.7 Å². The quantitative estimate of drug-likeness (QED) is 0.670. The van der Waals surface area contributed by atoms with Crippen LogP contribution in [0.2, 0.25) is 0 Å². The molecule has 0 radical (unpaired) electrons. The van der Waals surface area contributed by atoms with Crippen molar-refractivity contribution < 1.29 is 13.2 Å². The summed E-state index contributed by atoms with van der Waals surface area (Å²) in [5.74, 6) is -0.960. The van der Waals surface area contributed by atoms with E-state index in [0.29, 0.717) is 0 Å². The molecule has 0 bridgehead atoms. The van der Waals surface area contributed by atoms with Gasteiger partial charge in [-0.15, -0.1) is 0 Å². The maximum Gasteiger partial charge on any atom is 0.242 e. The molecule has 1 amide bonds. The highest BCUT2D eigenvalue weighted by molar-refractivity contribution is 7.91. The van der Waals surface area contributed by atoms with Crippen LogP contribution in [0.3, 0.4) is 0 Å². The number of carbonyl (C=O) groups excluding carboxylic acids is 1. The van der Waals surface area contributed by atoms with Crippen LogP contribution in [0.15, 0.2) is 66.7 Å². The van der Waals surface area contributed by atoms with Crippen molar-refractivity contribution >= 4 is 32.2 Å². The van der Waals surface area contributed by atoms with Crippen LogP contribution in [-0.2, 0) is 26.8 Å². The molecule has 144 valence electrons. The zero-order valence-corrected chi connectivity index (χ0v) is 16.7. The Morgan fingerprint density at radius 3 is 2.57 bits per heavy atom. The molecule has 0 aromatic heterocycles. The maximum atomic E-state index is 13.0. The number of hydrogen-bond donors (Lipinski definition) is 0. The third-order valence-corrected chi connectivity index (χ3v) is 6.83. The zero-order chi connectivity index (χ0) is 19.7. The average Bonchev–Trinajstić information content (AvgIpc) is 2.67. The SMILES string of the molecule is C[C@H]1CCc2ccccc2N1C(=O)CS(=O)(=O)Cc1cccc2ccccc12. The van der Waals surface area contributed by atoms with Crippen molar-refractivity contribution in [1.29, 1.82) is 0 Å². The first-order chi connectivity index (χ1) is 13.4. The van der Waals surface area contributed by atoms with Crippen molar-refractivity contribution in [2.24, 2.45) is 0 Å². The molecule has 28 heavy (non-hydrogen) atoms. The number of anilines is 1. The molecule has 3 aromatic rings. The van der Waals surface area contributed by atoms with Gasteiger partial charge in [0.2, 0.25) is 5.91 Å². The maximum absolute atomic E-state index is 13.0. The van der Waals surface area contributed by atoms with Gasteiger partial charge in [-0.3, -0.25) is 4.79 Å². The zero-order valence-electron chi connectivity index (χ0n) is 15.8. The second-order valence-corrected chi connectivity index (χ2v) is 9.52.